The zero-order chi connectivity index (χ0) is 20.9. The molecule has 30 heavy (non-hydrogen) atoms. The Morgan fingerprint density at radius 2 is 2.13 bits per heavy atom. The van der Waals surface area contributed by atoms with Crippen LogP contribution in [-0.2, 0) is 9.47 Å². The molecule has 2 N–H and O–H groups in total. The van der Waals surface area contributed by atoms with Crippen LogP contribution in [0.1, 0.15) is 35.9 Å². The third-order valence-electron chi connectivity index (χ3n) is 5.84. The van der Waals surface area contributed by atoms with E-state index in [1.807, 2.05) is 24.3 Å². The molecule has 2 aliphatic heterocycles. The van der Waals surface area contributed by atoms with Gasteiger partial charge in [-0.3, -0.25) is 4.90 Å². The Bertz CT molecular complexity index is 872. The zero-order valence-electron chi connectivity index (χ0n) is 17.3. The molecule has 2 saturated heterocycles. The number of likely N-dealkylation sites (tertiary alicyclic amines) is 1. The predicted octanol–water partition coefficient (Wildman–Crippen LogP) is 3.70. The van der Waals surface area contributed by atoms with Gasteiger partial charge in [-0.2, -0.15) is 0 Å². The SMILES string of the molecule is CCOC(=O)c1cc2cc(NC(=O)NC[C@H]([C@@H]3CCOC3)N3CCCC3)ccc2s1. The Hall–Kier alpha value is -2.16. The summed E-state index contributed by atoms with van der Waals surface area (Å²) in [5, 5.41) is 6.89. The third-order valence-corrected chi connectivity index (χ3v) is 6.94. The summed E-state index contributed by atoms with van der Waals surface area (Å²) in [7, 11) is 0. The summed E-state index contributed by atoms with van der Waals surface area (Å²) in [6.45, 7) is 6.56. The zero-order valence-corrected chi connectivity index (χ0v) is 18.1. The van der Waals surface area contributed by atoms with Gasteiger partial charge in [-0.1, -0.05) is 0 Å². The number of anilines is 1. The van der Waals surface area contributed by atoms with Gasteiger partial charge < -0.3 is 20.1 Å². The number of carbonyl (C=O) groups excluding carboxylic acids is 2. The fourth-order valence-electron chi connectivity index (χ4n) is 4.32. The first-order valence-corrected chi connectivity index (χ1v) is 11.5. The van der Waals surface area contributed by atoms with Gasteiger partial charge in [0.25, 0.3) is 0 Å². The predicted molar refractivity (Wildman–Crippen MR) is 118 cm³/mol. The van der Waals surface area contributed by atoms with Crippen LogP contribution in [-0.4, -0.2) is 62.4 Å². The molecule has 0 unspecified atom stereocenters. The van der Waals surface area contributed by atoms with Crippen molar-refractivity contribution in [3.05, 3.63) is 29.1 Å². The Kier molecular flexibility index (Phi) is 6.86. The van der Waals surface area contributed by atoms with Crippen LogP contribution < -0.4 is 10.6 Å². The van der Waals surface area contributed by atoms with Gasteiger partial charge in [0.1, 0.15) is 4.88 Å². The second-order valence-electron chi connectivity index (χ2n) is 7.85. The summed E-state index contributed by atoms with van der Waals surface area (Å²) in [6, 6.07) is 7.59. The third kappa shape index (κ3) is 4.94. The highest BCUT2D eigenvalue weighted by Crippen LogP contribution is 2.29. The monoisotopic (exact) mass is 431 g/mol. The lowest BCUT2D eigenvalue weighted by Crippen LogP contribution is -2.48. The summed E-state index contributed by atoms with van der Waals surface area (Å²) in [5.41, 5.74) is 0.704. The lowest BCUT2D eigenvalue weighted by Gasteiger charge is -2.31. The van der Waals surface area contributed by atoms with Crippen LogP contribution in [0.25, 0.3) is 10.1 Å². The van der Waals surface area contributed by atoms with E-state index in [1.165, 1.54) is 24.2 Å². The van der Waals surface area contributed by atoms with Gasteiger partial charge in [-0.25, -0.2) is 9.59 Å². The van der Waals surface area contributed by atoms with Crippen LogP contribution in [0.15, 0.2) is 24.3 Å². The summed E-state index contributed by atoms with van der Waals surface area (Å²) in [4.78, 5) is 27.5. The van der Waals surface area contributed by atoms with Crippen LogP contribution in [0.4, 0.5) is 10.5 Å². The number of thiophene rings is 1. The molecular weight excluding hydrogens is 402 g/mol. The van der Waals surface area contributed by atoms with Gasteiger partial charge in [0.15, 0.2) is 0 Å². The fourth-order valence-corrected chi connectivity index (χ4v) is 5.26. The topological polar surface area (TPSA) is 79.9 Å². The van der Waals surface area contributed by atoms with E-state index < -0.39 is 0 Å². The molecule has 0 saturated carbocycles. The summed E-state index contributed by atoms with van der Waals surface area (Å²) >= 11 is 1.40. The van der Waals surface area contributed by atoms with Crippen molar-refractivity contribution in [2.45, 2.75) is 32.2 Å². The van der Waals surface area contributed by atoms with E-state index in [0.717, 1.165) is 42.8 Å². The van der Waals surface area contributed by atoms with E-state index in [9.17, 15) is 9.59 Å². The maximum atomic E-state index is 12.5. The van der Waals surface area contributed by atoms with E-state index in [4.69, 9.17) is 9.47 Å². The standard InChI is InChI=1S/C22H29N3O4S/c1-2-29-21(26)20-12-16-11-17(5-6-19(16)30-20)24-22(27)23-13-18(15-7-10-28-14-15)25-8-3-4-9-25/h5-6,11-12,15,18H,2-4,7-10,13-14H2,1H3,(H2,23,24,27)/t15-,18-/m1/s1. The maximum absolute atomic E-state index is 12.5. The van der Waals surface area contributed by atoms with E-state index in [0.29, 0.717) is 35.7 Å². The molecule has 2 atom stereocenters. The van der Waals surface area contributed by atoms with Crippen LogP contribution in [0.3, 0.4) is 0 Å². The Morgan fingerprint density at radius 3 is 2.87 bits per heavy atom. The van der Waals surface area contributed by atoms with E-state index in [1.54, 1.807) is 6.92 Å². The summed E-state index contributed by atoms with van der Waals surface area (Å²) < 4.78 is 11.6. The van der Waals surface area contributed by atoms with Crippen molar-refractivity contribution in [3.8, 4) is 0 Å². The Morgan fingerprint density at radius 1 is 1.30 bits per heavy atom. The van der Waals surface area contributed by atoms with Crippen molar-refractivity contribution in [2.75, 3.05) is 44.8 Å². The van der Waals surface area contributed by atoms with Crippen molar-refractivity contribution in [2.24, 2.45) is 5.92 Å². The molecule has 1 aromatic carbocycles. The van der Waals surface area contributed by atoms with Crippen LogP contribution >= 0.6 is 11.3 Å². The molecule has 2 amide bonds. The minimum atomic E-state index is -0.310. The van der Waals surface area contributed by atoms with Gasteiger partial charge >= 0.3 is 12.0 Å². The molecule has 0 radical (unpaired) electrons. The lowest BCUT2D eigenvalue weighted by atomic mass is 9.97. The van der Waals surface area contributed by atoms with E-state index in [-0.39, 0.29) is 12.0 Å². The average molecular weight is 432 g/mol. The highest BCUT2D eigenvalue weighted by atomic mass is 32.1. The summed E-state index contributed by atoms with van der Waals surface area (Å²) in [6.07, 6.45) is 3.51. The smallest absolute Gasteiger partial charge is 0.348 e. The number of urea groups is 1. The molecule has 8 heteroatoms. The number of carbonyl (C=O) groups is 2. The van der Waals surface area contributed by atoms with Crippen molar-refractivity contribution in [1.82, 2.24) is 10.2 Å². The second-order valence-corrected chi connectivity index (χ2v) is 8.94. The molecule has 0 aliphatic carbocycles. The molecule has 3 heterocycles. The number of benzene rings is 1. The van der Waals surface area contributed by atoms with E-state index in [2.05, 4.69) is 15.5 Å². The molecule has 4 rings (SSSR count). The minimum Gasteiger partial charge on any atom is -0.462 e. The fraction of sp³-hybridized carbons (Fsp3) is 0.545. The first-order valence-electron chi connectivity index (χ1n) is 10.7. The lowest BCUT2D eigenvalue weighted by molar-refractivity contribution is 0.0532. The molecule has 0 bridgehead atoms. The molecule has 0 spiro atoms. The van der Waals surface area contributed by atoms with Gasteiger partial charge in [-0.15, -0.1) is 11.3 Å². The maximum Gasteiger partial charge on any atom is 0.348 e. The normalized spacial score (nSPS) is 20.4. The molecule has 2 aromatic rings. The van der Waals surface area contributed by atoms with Crippen LogP contribution in [0.2, 0.25) is 0 Å². The molecule has 7 nitrogen and oxygen atoms in total. The number of nitrogens with one attached hydrogen (secondary N) is 2. The quantitative estimate of drug-likeness (QED) is 0.654. The van der Waals surface area contributed by atoms with E-state index >= 15 is 0 Å². The highest BCUT2D eigenvalue weighted by molar-refractivity contribution is 7.20. The summed E-state index contributed by atoms with van der Waals surface area (Å²) in [5.74, 6) is 0.168. The van der Waals surface area contributed by atoms with Crippen LogP contribution in [0, 0.1) is 5.92 Å². The van der Waals surface area contributed by atoms with Gasteiger partial charge in [0.05, 0.1) is 13.2 Å². The number of rotatable bonds is 7. The number of ether oxygens (including phenoxy) is 2. The second kappa shape index (κ2) is 9.76. The minimum absolute atomic E-state index is 0.210. The van der Waals surface area contributed by atoms with Gasteiger partial charge in [0.2, 0.25) is 0 Å². The van der Waals surface area contributed by atoms with Crippen molar-refractivity contribution >= 4 is 39.1 Å². The molecule has 162 valence electrons. The first kappa shape index (κ1) is 21.1. The van der Waals surface area contributed by atoms with Crippen LogP contribution in [0.5, 0.6) is 0 Å². The van der Waals surface area contributed by atoms with Crippen molar-refractivity contribution in [1.29, 1.82) is 0 Å². The largest absolute Gasteiger partial charge is 0.462 e. The molecule has 1 aromatic heterocycles. The molecule has 2 fully saturated rings. The number of esters is 1. The Balaban J connectivity index is 1.36. The number of nitrogens with zero attached hydrogens (tertiary/aromatic N) is 1. The number of amides is 2. The average Bonchev–Trinajstić information content (AvgIpc) is 3.50. The Labute approximate surface area is 180 Å². The number of hydrogen-bond acceptors (Lipinski definition) is 6. The van der Waals surface area contributed by atoms with Crippen molar-refractivity contribution < 1.29 is 19.1 Å². The van der Waals surface area contributed by atoms with Crippen molar-refractivity contribution in [3.63, 3.8) is 0 Å². The highest BCUT2D eigenvalue weighted by Gasteiger charge is 2.32. The van der Waals surface area contributed by atoms with Gasteiger partial charge in [-0.05, 0) is 68.9 Å². The first-order chi connectivity index (χ1) is 14.6. The molecule has 2 aliphatic rings. The number of fused-ring (bicyclic) bond motifs is 1. The van der Waals surface area contributed by atoms with Gasteiger partial charge in [0, 0.05) is 35.5 Å². The molecular formula is C22H29N3O4S. The number of hydrogen-bond donors (Lipinski definition) is 2.